The number of nitrogens with one attached hydrogen (secondary N) is 1. The average Bonchev–Trinajstić information content (AvgIpc) is 2.36. The highest BCUT2D eigenvalue weighted by atomic mass is 79.9. The smallest absolute Gasteiger partial charge is 0.226 e. The van der Waals surface area contributed by atoms with Crippen molar-refractivity contribution in [2.75, 3.05) is 5.32 Å². The third-order valence-corrected chi connectivity index (χ3v) is 4.51. The second-order valence-electron chi connectivity index (χ2n) is 5.73. The van der Waals surface area contributed by atoms with Crippen LogP contribution < -0.4 is 11.1 Å². The van der Waals surface area contributed by atoms with Crippen molar-refractivity contribution in [1.82, 2.24) is 0 Å². The lowest BCUT2D eigenvalue weighted by molar-refractivity contribution is -0.117. The van der Waals surface area contributed by atoms with E-state index in [9.17, 15) is 9.18 Å². The van der Waals surface area contributed by atoms with Crippen LogP contribution in [-0.2, 0) is 4.79 Å². The lowest BCUT2D eigenvalue weighted by Gasteiger charge is -2.32. The van der Waals surface area contributed by atoms with Crippen molar-refractivity contribution in [3.8, 4) is 0 Å². The van der Waals surface area contributed by atoms with E-state index in [0.717, 1.165) is 25.7 Å². The molecule has 1 aromatic rings. The quantitative estimate of drug-likeness (QED) is 0.875. The molecule has 1 fully saturated rings. The third-order valence-electron chi connectivity index (χ3n) is 3.90. The zero-order valence-corrected chi connectivity index (χ0v) is 13.2. The van der Waals surface area contributed by atoms with E-state index in [1.165, 1.54) is 12.5 Å². The summed E-state index contributed by atoms with van der Waals surface area (Å²) in [6.07, 6.45) is 5.49. The molecule has 0 saturated heterocycles. The molecule has 1 saturated carbocycles. The van der Waals surface area contributed by atoms with Crippen molar-refractivity contribution in [3.63, 3.8) is 0 Å². The molecule has 0 radical (unpaired) electrons. The van der Waals surface area contributed by atoms with Crippen molar-refractivity contribution in [3.05, 3.63) is 28.0 Å². The number of carbonyl (C=O) groups is 1. The number of benzene rings is 1. The van der Waals surface area contributed by atoms with Crippen LogP contribution in [0.1, 0.15) is 44.1 Å². The average molecular weight is 343 g/mol. The Bertz CT molecular complexity index is 513. The Labute approximate surface area is 127 Å². The van der Waals surface area contributed by atoms with Gasteiger partial charge in [-0.15, -0.1) is 0 Å². The minimum Gasteiger partial charge on any atom is -0.326 e. The Morgan fingerprint density at radius 2 is 2.05 bits per heavy atom. The van der Waals surface area contributed by atoms with Gasteiger partial charge >= 0.3 is 0 Å². The van der Waals surface area contributed by atoms with Crippen molar-refractivity contribution in [1.29, 1.82) is 0 Å². The normalized spacial score (nSPS) is 17.8. The second-order valence-corrected chi connectivity index (χ2v) is 6.58. The van der Waals surface area contributed by atoms with E-state index < -0.39 is 0 Å². The van der Waals surface area contributed by atoms with Gasteiger partial charge in [-0.05, 0) is 53.4 Å². The molecule has 0 atom stereocenters. The zero-order valence-electron chi connectivity index (χ0n) is 11.6. The van der Waals surface area contributed by atoms with Crippen LogP contribution in [-0.4, -0.2) is 11.4 Å². The summed E-state index contributed by atoms with van der Waals surface area (Å²) in [6, 6.07) is 2.99. The van der Waals surface area contributed by atoms with E-state index in [4.69, 9.17) is 5.73 Å². The highest BCUT2D eigenvalue weighted by Crippen LogP contribution is 2.30. The number of aryl methyl sites for hydroxylation is 1. The molecular formula is C15H20BrFN2O. The Morgan fingerprint density at radius 3 is 2.70 bits per heavy atom. The van der Waals surface area contributed by atoms with Crippen LogP contribution in [0.25, 0.3) is 0 Å². The maximum atomic E-state index is 13.4. The first-order valence-electron chi connectivity index (χ1n) is 6.94. The lowest BCUT2D eigenvalue weighted by atomic mass is 9.80. The fourth-order valence-corrected chi connectivity index (χ4v) is 3.07. The van der Waals surface area contributed by atoms with Gasteiger partial charge in [0.15, 0.2) is 0 Å². The Balaban J connectivity index is 2.03. The summed E-state index contributed by atoms with van der Waals surface area (Å²) in [5, 5.41) is 2.84. The number of hydrogen-bond acceptors (Lipinski definition) is 2. The summed E-state index contributed by atoms with van der Waals surface area (Å²) < 4.78 is 13.7. The van der Waals surface area contributed by atoms with E-state index in [-0.39, 0.29) is 17.3 Å². The van der Waals surface area contributed by atoms with Crippen molar-refractivity contribution >= 4 is 27.5 Å². The highest BCUT2D eigenvalue weighted by molar-refractivity contribution is 9.10. The molecule has 5 heteroatoms. The summed E-state index contributed by atoms with van der Waals surface area (Å²) in [6.45, 7) is 1.77. The molecule has 1 aliphatic carbocycles. The highest BCUT2D eigenvalue weighted by Gasteiger charge is 2.30. The number of rotatable bonds is 3. The standard InChI is InChI=1S/C15H20BrFN2O/c1-10-7-12(17)11(16)8-13(10)19-14(20)9-15(18)5-3-2-4-6-15/h7-8H,2-6,9,18H2,1H3,(H,19,20). The Morgan fingerprint density at radius 1 is 1.40 bits per heavy atom. The summed E-state index contributed by atoms with van der Waals surface area (Å²) in [7, 11) is 0. The fourth-order valence-electron chi connectivity index (χ4n) is 2.73. The molecule has 20 heavy (non-hydrogen) atoms. The van der Waals surface area contributed by atoms with Crippen LogP contribution in [0.5, 0.6) is 0 Å². The van der Waals surface area contributed by atoms with Gasteiger partial charge in [-0.2, -0.15) is 0 Å². The van der Waals surface area contributed by atoms with Gasteiger partial charge in [0.2, 0.25) is 5.91 Å². The molecule has 3 nitrogen and oxygen atoms in total. The van der Waals surface area contributed by atoms with Gasteiger partial charge in [0, 0.05) is 17.6 Å². The maximum absolute atomic E-state index is 13.4. The SMILES string of the molecule is Cc1cc(F)c(Br)cc1NC(=O)CC1(N)CCCCC1. The van der Waals surface area contributed by atoms with Gasteiger partial charge in [-0.3, -0.25) is 4.79 Å². The number of anilines is 1. The predicted molar refractivity (Wildman–Crippen MR) is 82.1 cm³/mol. The molecule has 0 bridgehead atoms. The number of hydrogen-bond donors (Lipinski definition) is 2. The monoisotopic (exact) mass is 342 g/mol. The van der Waals surface area contributed by atoms with Gasteiger partial charge in [-0.25, -0.2) is 4.39 Å². The first-order chi connectivity index (χ1) is 9.39. The minimum atomic E-state index is -0.381. The predicted octanol–water partition coefficient (Wildman–Crippen LogP) is 3.89. The van der Waals surface area contributed by atoms with Crippen LogP contribution in [0.4, 0.5) is 10.1 Å². The van der Waals surface area contributed by atoms with Crippen molar-refractivity contribution in [2.24, 2.45) is 5.73 Å². The molecule has 1 aromatic carbocycles. The van der Waals surface area contributed by atoms with Crippen molar-refractivity contribution in [2.45, 2.75) is 51.0 Å². The maximum Gasteiger partial charge on any atom is 0.226 e. The lowest BCUT2D eigenvalue weighted by Crippen LogP contribution is -2.44. The molecule has 0 heterocycles. The molecule has 110 valence electrons. The van der Waals surface area contributed by atoms with E-state index in [1.807, 2.05) is 0 Å². The van der Waals surface area contributed by atoms with Crippen LogP contribution in [0.3, 0.4) is 0 Å². The largest absolute Gasteiger partial charge is 0.326 e. The first kappa shape index (κ1) is 15.4. The molecule has 0 aromatic heterocycles. The molecule has 1 aliphatic rings. The summed E-state index contributed by atoms with van der Waals surface area (Å²) in [5.74, 6) is -0.431. The number of halogens is 2. The Kier molecular flexibility index (Phi) is 4.81. The van der Waals surface area contributed by atoms with Gasteiger partial charge < -0.3 is 11.1 Å². The van der Waals surface area contributed by atoms with Crippen LogP contribution in [0.2, 0.25) is 0 Å². The zero-order chi connectivity index (χ0) is 14.8. The van der Waals surface area contributed by atoms with E-state index in [2.05, 4.69) is 21.2 Å². The fraction of sp³-hybridized carbons (Fsp3) is 0.533. The first-order valence-corrected chi connectivity index (χ1v) is 7.73. The summed E-state index contributed by atoms with van der Waals surface area (Å²) in [5.41, 5.74) is 7.22. The van der Waals surface area contributed by atoms with Gasteiger partial charge in [0.1, 0.15) is 5.82 Å². The van der Waals surface area contributed by atoms with Gasteiger partial charge in [-0.1, -0.05) is 19.3 Å². The second kappa shape index (κ2) is 6.22. The summed E-state index contributed by atoms with van der Waals surface area (Å²) >= 11 is 3.13. The van der Waals surface area contributed by atoms with E-state index in [0.29, 0.717) is 22.1 Å². The molecule has 3 N–H and O–H groups in total. The molecule has 0 spiro atoms. The molecule has 1 amide bonds. The molecular weight excluding hydrogens is 323 g/mol. The topological polar surface area (TPSA) is 55.1 Å². The van der Waals surface area contributed by atoms with E-state index >= 15 is 0 Å². The third kappa shape index (κ3) is 3.79. The number of carbonyl (C=O) groups excluding carboxylic acids is 1. The van der Waals surface area contributed by atoms with Crippen LogP contribution >= 0.6 is 15.9 Å². The van der Waals surface area contributed by atoms with Crippen molar-refractivity contribution < 1.29 is 9.18 Å². The summed E-state index contributed by atoms with van der Waals surface area (Å²) in [4.78, 5) is 12.1. The van der Waals surface area contributed by atoms with Crippen LogP contribution in [0, 0.1) is 12.7 Å². The number of nitrogens with two attached hydrogens (primary N) is 1. The van der Waals surface area contributed by atoms with E-state index in [1.54, 1.807) is 13.0 Å². The Hall–Kier alpha value is -0.940. The molecule has 2 rings (SSSR count). The van der Waals surface area contributed by atoms with Gasteiger partial charge in [0.25, 0.3) is 0 Å². The minimum absolute atomic E-state index is 0.101. The molecule has 0 unspecified atom stereocenters. The number of amides is 1. The molecule has 0 aliphatic heterocycles. The van der Waals surface area contributed by atoms with Crippen LogP contribution in [0.15, 0.2) is 16.6 Å². The van der Waals surface area contributed by atoms with Gasteiger partial charge in [0.05, 0.1) is 4.47 Å².